The number of halogens is 1. The summed E-state index contributed by atoms with van der Waals surface area (Å²) in [6.07, 6.45) is 0.548. The number of ether oxygens (including phenoxy) is 3. The van der Waals surface area contributed by atoms with Crippen molar-refractivity contribution in [3.05, 3.63) is 33.1 Å². The van der Waals surface area contributed by atoms with Crippen LogP contribution >= 0.6 is 0 Å². The molecule has 1 aromatic rings. The fourth-order valence-corrected chi connectivity index (χ4v) is 3.37. The third-order valence-corrected chi connectivity index (χ3v) is 4.32. The van der Waals surface area contributed by atoms with Gasteiger partial charge in [-0.3, -0.25) is 14.3 Å². The van der Waals surface area contributed by atoms with Crippen LogP contribution in [-0.2, 0) is 14.2 Å². The third-order valence-electron chi connectivity index (χ3n) is 4.32. The topological polar surface area (TPSA) is 82.5 Å². The van der Waals surface area contributed by atoms with Crippen molar-refractivity contribution < 1.29 is 18.6 Å². The van der Waals surface area contributed by atoms with Crippen LogP contribution in [0.15, 0.2) is 21.9 Å². The van der Waals surface area contributed by atoms with E-state index in [4.69, 9.17) is 14.2 Å². The summed E-state index contributed by atoms with van der Waals surface area (Å²) < 4.78 is 32.0. The molecular weight excluding hydrogens is 283 g/mol. The van der Waals surface area contributed by atoms with E-state index in [0.29, 0.717) is 0 Å². The number of alkyl halides is 1. The van der Waals surface area contributed by atoms with Crippen LogP contribution in [0.25, 0.3) is 0 Å². The lowest BCUT2D eigenvalue weighted by atomic mass is 10.2. The van der Waals surface area contributed by atoms with Crippen LogP contribution in [0.2, 0.25) is 0 Å². The molecule has 114 valence electrons. The highest BCUT2D eigenvalue weighted by molar-refractivity contribution is 4.98. The number of nitrogens with zero attached hydrogens (tertiary/aromatic N) is 1. The van der Waals surface area contributed by atoms with E-state index in [1.165, 1.54) is 12.3 Å². The molecule has 1 spiro atoms. The Bertz CT molecular complexity index is 665. The Hall–Kier alpha value is -1.51. The van der Waals surface area contributed by atoms with E-state index in [1.54, 1.807) is 0 Å². The molecule has 7 nitrogen and oxygen atoms in total. The molecule has 1 N–H and O–H groups in total. The van der Waals surface area contributed by atoms with Crippen molar-refractivity contribution in [3.8, 4) is 0 Å². The Morgan fingerprint density at radius 3 is 2.67 bits per heavy atom. The maximum absolute atomic E-state index is 14.0. The predicted molar refractivity (Wildman–Crippen MR) is 67.3 cm³/mol. The second kappa shape index (κ2) is 4.49. The Balaban J connectivity index is 1.68. The number of nitrogens with one attached hydrogen (secondary N) is 1. The molecule has 0 amide bonds. The predicted octanol–water partition coefficient (Wildman–Crippen LogP) is 0.415. The molecule has 4 rings (SSSR count). The van der Waals surface area contributed by atoms with Gasteiger partial charge in [0.2, 0.25) is 6.36 Å². The van der Waals surface area contributed by atoms with Crippen molar-refractivity contribution >= 4 is 0 Å². The summed E-state index contributed by atoms with van der Waals surface area (Å²) in [6, 6.07) is 1.19. The minimum absolute atomic E-state index is 0.515. The minimum Gasteiger partial charge on any atom is -0.339 e. The first-order valence-corrected chi connectivity index (χ1v) is 7.05. The van der Waals surface area contributed by atoms with Gasteiger partial charge >= 0.3 is 5.69 Å². The smallest absolute Gasteiger partial charge is 0.330 e. The summed E-state index contributed by atoms with van der Waals surface area (Å²) >= 11 is 0. The maximum atomic E-state index is 14.0. The molecule has 0 aromatic carbocycles. The van der Waals surface area contributed by atoms with Crippen LogP contribution in [0, 0.1) is 0 Å². The Kier molecular flexibility index (Phi) is 2.82. The van der Waals surface area contributed by atoms with Gasteiger partial charge in [0, 0.05) is 25.1 Å². The molecule has 3 aliphatic rings. The highest BCUT2D eigenvalue weighted by atomic mass is 19.1. The standard InChI is InChI=1S/C13H15FN2O5/c14-10-8-9(21-13(20-8)4-1-2-5-13)11(19-10)16-6-3-7(17)15-12(16)18/h3,6,8-11H,1-2,4-5H2,(H,15,17,18)/t8-,9+,10+,11+/m0/s1. The molecule has 1 aliphatic carbocycles. The number of hydrogen-bond donors (Lipinski definition) is 1. The fraction of sp³-hybridized carbons (Fsp3) is 0.692. The second-order valence-corrected chi connectivity index (χ2v) is 5.68. The van der Waals surface area contributed by atoms with Gasteiger partial charge < -0.3 is 14.2 Å². The van der Waals surface area contributed by atoms with Gasteiger partial charge in [-0.25, -0.2) is 9.18 Å². The number of fused-ring (bicyclic) bond motifs is 1. The molecule has 3 heterocycles. The quantitative estimate of drug-likeness (QED) is 0.812. The third kappa shape index (κ3) is 1.97. The van der Waals surface area contributed by atoms with E-state index < -0.39 is 41.8 Å². The molecule has 1 saturated carbocycles. The van der Waals surface area contributed by atoms with Crippen molar-refractivity contribution in [1.82, 2.24) is 9.55 Å². The van der Waals surface area contributed by atoms with E-state index in [0.717, 1.165) is 30.3 Å². The molecule has 8 heteroatoms. The lowest BCUT2D eigenvalue weighted by Crippen LogP contribution is -2.37. The Morgan fingerprint density at radius 2 is 1.95 bits per heavy atom. The molecular formula is C13H15FN2O5. The molecule has 1 aromatic heterocycles. The number of aromatic amines is 1. The van der Waals surface area contributed by atoms with Crippen molar-refractivity contribution in [2.75, 3.05) is 0 Å². The Morgan fingerprint density at radius 1 is 1.24 bits per heavy atom. The first-order valence-electron chi connectivity index (χ1n) is 7.05. The van der Waals surface area contributed by atoms with Gasteiger partial charge in [0.25, 0.3) is 5.56 Å². The van der Waals surface area contributed by atoms with E-state index in [2.05, 4.69) is 4.98 Å². The highest BCUT2D eigenvalue weighted by Crippen LogP contribution is 2.49. The summed E-state index contributed by atoms with van der Waals surface area (Å²) in [5.74, 6) is -0.743. The molecule has 4 atom stereocenters. The average Bonchev–Trinajstić information content (AvgIpc) is 3.11. The zero-order valence-corrected chi connectivity index (χ0v) is 11.2. The first kappa shape index (κ1) is 13.2. The summed E-state index contributed by atoms with van der Waals surface area (Å²) in [6.45, 7) is 0. The van der Waals surface area contributed by atoms with Crippen molar-refractivity contribution in [1.29, 1.82) is 0 Å². The number of rotatable bonds is 1. The minimum atomic E-state index is -1.65. The van der Waals surface area contributed by atoms with Crippen LogP contribution < -0.4 is 11.2 Å². The number of H-pyrrole nitrogens is 1. The molecule has 0 unspecified atom stereocenters. The lowest BCUT2D eigenvalue weighted by molar-refractivity contribution is -0.228. The van der Waals surface area contributed by atoms with Crippen LogP contribution in [-0.4, -0.2) is 33.9 Å². The average molecular weight is 298 g/mol. The summed E-state index contributed by atoms with van der Waals surface area (Å²) in [4.78, 5) is 25.1. The van der Waals surface area contributed by atoms with Gasteiger partial charge in [0.05, 0.1) is 0 Å². The van der Waals surface area contributed by atoms with Crippen LogP contribution in [0.4, 0.5) is 4.39 Å². The zero-order valence-electron chi connectivity index (χ0n) is 11.2. The molecule has 2 saturated heterocycles. The fourth-order valence-electron chi connectivity index (χ4n) is 3.37. The number of hydrogen-bond acceptors (Lipinski definition) is 5. The molecule has 21 heavy (non-hydrogen) atoms. The van der Waals surface area contributed by atoms with Gasteiger partial charge in [-0.15, -0.1) is 0 Å². The van der Waals surface area contributed by atoms with Gasteiger partial charge in [-0.2, -0.15) is 0 Å². The van der Waals surface area contributed by atoms with E-state index in [1.807, 2.05) is 0 Å². The van der Waals surface area contributed by atoms with Crippen molar-refractivity contribution in [2.45, 2.75) is 56.3 Å². The van der Waals surface area contributed by atoms with Gasteiger partial charge in [-0.05, 0) is 12.8 Å². The SMILES string of the molecule is O=c1ccn([C@@H]2O[C@@H](F)[C@H]3OC4(CCCC4)O[C@H]32)c(=O)[nH]1. The largest absolute Gasteiger partial charge is 0.339 e. The molecule has 2 aliphatic heterocycles. The maximum Gasteiger partial charge on any atom is 0.330 e. The lowest BCUT2D eigenvalue weighted by Gasteiger charge is -2.26. The normalized spacial score (nSPS) is 37.2. The highest BCUT2D eigenvalue weighted by Gasteiger charge is 2.60. The zero-order chi connectivity index (χ0) is 14.6. The summed E-state index contributed by atoms with van der Waals surface area (Å²) in [5.41, 5.74) is -1.17. The first-order chi connectivity index (χ1) is 10.1. The van der Waals surface area contributed by atoms with E-state index in [-0.39, 0.29) is 0 Å². The van der Waals surface area contributed by atoms with Crippen LogP contribution in [0.5, 0.6) is 0 Å². The van der Waals surface area contributed by atoms with E-state index >= 15 is 0 Å². The summed E-state index contributed by atoms with van der Waals surface area (Å²) in [5, 5.41) is 0. The summed E-state index contributed by atoms with van der Waals surface area (Å²) in [7, 11) is 0. The monoisotopic (exact) mass is 298 g/mol. The Labute approximate surface area is 118 Å². The van der Waals surface area contributed by atoms with Crippen LogP contribution in [0.1, 0.15) is 31.9 Å². The molecule has 0 bridgehead atoms. The van der Waals surface area contributed by atoms with Crippen molar-refractivity contribution in [2.24, 2.45) is 0 Å². The van der Waals surface area contributed by atoms with Gasteiger partial charge in [0.1, 0.15) is 12.2 Å². The van der Waals surface area contributed by atoms with E-state index in [9.17, 15) is 14.0 Å². The van der Waals surface area contributed by atoms with Gasteiger partial charge in [0.15, 0.2) is 12.0 Å². The van der Waals surface area contributed by atoms with Crippen LogP contribution in [0.3, 0.4) is 0 Å². The van der Waals surface area contributed by atoms with Crippen molar-refractivity contribution in [3.63, 3.8) is 0 Å². The number of aromatic nitrogens is 2. The molecule has 0 radical (unpaired) electrons. The van der Waals surface area contributed by atoms with Gasteiger partial charge in [-0.1, -0.05) is 0 Å². The second-order valence-electron chi connectivity index (χ2n) is 5.68. The molecule has 3 fully saturated rings.